The largest absolute Gasteiger partial charge is 0.388 e. The van der Waals surface area contributed by atoms with Gasteiger partial charge in [-0.05, 0) is 25.3 Å². The van der Waals surface area contributed by atoms with Crippen molar-refractivity contribution in [2.75, 3.05) is 0 Å². The number of hydrogen-bond acceptors (Lipinski definition) is 1. The summed E-state index contributed by atoms with van der Waals surface area (Å²) in [7, 11) is 0. The minimum atomic E-state index is 0.449. The third kappa shape index (κ3) is 1.05. The summed E-state index contributed by atoms with van der Waals surface area (Å²) in [5.74, 6) is 4.38. The molecule has 0 atom stereocenters. The summed E-state index contributed by atoms with van der Waals surface area (Å²) in [5, 5.41) is 0. The average Bonchev–Trinajstić information content (AvgIpc) is 2.06. The van der Waals surface area contributed by atoms with Crippen LogP contribution in [0, 0.1) is 0 Å². The number of rotatable bonds is 0. The van der Waals surface area contributed by atoms with Crippen LogP contribution in [0.15, 0.2) is 48.2 Å². The number of nitrogens with zero attached hydrogens (tertiary/aromatic N) is 1. The molecule has 0 aromatic heterocycles. The van der Waals surface area contributed by atoms with Crippen molar-refractivity contribution in [2.24, 2.45) is 0 Å². The molecule has 2 heterocycles. The van der Waals surface area contributed by atoms with E-state index in [1.54, 1.807) is 0 Å². The van der Waals surface area contributed by atoms with Crippen molar-refractivity contribution in [2.45, 2.75) is 6.92 Å². The Morgan fingerprint density at radius 2 is 2.00 bits per heavy atom. The van der Waals surface area contributed by atoms with Crippen LogP contribution in [0.1, 0.15) is 6.92 Å². The van der Waals surface area contributed by atoms with Crippen LogP contribution in [0.2, 0.25) is 0 Å². The highest BCUT2D eigenvalue weighted by Crippen LogP contribution is 2.16. The maximum atomic E-state index is 2.25. The van der Waals surface area contributed by atoms with Gasteiger partial charge in [-0.15, -0.1) is 0 Å². The zero-order chi connectivity index (χ0) is 7.68. The first-order valence-corrected chi connectivity index (χ1v) is 3.86. The summed E-state index contributed by atoms with van der Waals surface area (Å²) >= 11 is 0. The van der Waals surface area contributed by atoms with E-state index < -0.39 is 0 Å². The van der Waals surface area contributed by atoms with E-state index in [1.165, 1.54) is 5.70 Å². The molecule has 2 heteroatoms. The predicted octanol–water partition coefficient (Wildman–Crippen LogP) is 1.92. The van der Waals surface area contributed by atoms with Crippen LogP contribution in [-0.4, -0.2) is 11.7 Å². The molecule has 1 nitrogen and oxygen atoms in total. The van der Waals surface area contributed by atoms with Gasteiger partial charge in [0.2, 0.25) is 0 Å². The first kappa shape index (κ1) is 6.53. The predicted molar refractivity (Wildman–Crippen MR) is 48.8 cm³/mol. The van der Waals surface area contributed by atoms with Crippen molar-refractivity contribution in [3.63, 3.8) is 0 Å². The summed E-state index contributed by atoms with van der Waals surface area (Å²) in [5.41, 5.74) is 1.30. The summed E-state index contributed by atoms with van der Waals surface area (Å²) in [4.78, 5) is 2.25. The molecule has 54 valence electrons. The van der Waals surface area contributed by atoms with Crippen LogP contribution in [0.25, 0.3) is 0 Å². The summed E-state index contributed by atoms with van der Waals surface area (Å²) in [6.45, 7) is 2.57. The maximum Gasteiger partial charge on any atom is 0.312 e. The van der Waals surface area contributed by atoms with Gasteiger partial charge < -0.3 is 4.81 Å². The molecule has 0 radical (unpaired) electrons. The number of fused-ring (bicyclic) bond motifs is 1. The second-order valence-corrected chi connectivity index (χ2v) is 2.82. The topological polar surface area (TPSA) is 3.24 Å². The van der Waals surface area contributed by atoms with Gasteiger partial charge in [-0.25, -0.2) is 0 Å². The van der Waals surface area contributed by atoms with Crippen LogP contribution in [0.3, 0.4) is 0 Å². The zero-order valence-electron chi connectivity index (χ0n) is 6.57. The molecule has 0 amide bonds. The van der Waals surface area contributed by atoms with E-state index in [9.17, 15) is 0 Å². The molecule has 2 rings (SSSR count). The van der Waals surface area contributed by atoms with E-state index in [-0.39, 0.29) is 0 Å². The lowest BCUT2D eigenvalue weighted by atomic mass is 9.58. The van der Waals surface area contributed by atoms with Crippen molar-refractivity contribution in [3.05, 3.63) is 48.2 Å². The Morgan fingerprint density at radius 1 is 1.18 bits per heavy atom. The smallest absolute Gasteiger partial charge is 0.312 e. The van der Waals surface area contributed by atoms with Gasteiger partial charge in [0.1, 0.15) is 0 Å². The molecule has 0 aliphatic carbocycles. The lowest BCUT2D eigenvalue weighted by molar-refractivity contribution is 0.716. The van der Waals surface area contributed by atoms with E-state index in [1.807, 2.05) is 0 Å². The van der Waals surface area contributed by atoms with Crippen molar-refractivity contribution < 1.29 is 0 Å². The molecule has 0 aromatic carbocycles. The third-order valence-corrected chi connectivity index (χ3v) is 2.04. The molecule has 0 saturated heterocycles. The van der Waals surface area contributed by atoms with Gasteiger partial charge in [-0.1, -0.05) is 24.1 Å². The van der Waals surface area contributed by atoms with E-state index in [0.717, 1.165) is 0 Å². The molecule has 0 bridgehead atoms. The number of hydrogen-bond donors (Lipinski definition) is 0. The van der Waals surface area contributed by atoms with Gasteiger partial charge in [-0.3, -0.25) is 0 Å². The maximum absolute atomic E-state index is 2.25. The molecule has 0 unspecified atom stereocenters. The van der Waals surface area contributed by atoms with E-state index in [0.29, 0.717) is 6.85 Å². The molecule has 0 saturated carbocycles. The SMILES string of the molecule is CC1=CC=CB2C=CC=CN21. The average molecular weight is 143 g/mol. The third-order valence-electron chi connectivity index (χ3n) is 2.04. The highest BCUT2D eigenvalue weighted by atomic mass is 15.0. The first-order valence-electron chi connectivity index (χ1n) is 3.86. The fourth-order valence-electron chi connectivity index (χ4n) is 1.42. The lowest BCUT2D eigenvalue weighted by Gasteiger charge is -2.28. The normalized spacial score (nSPS) is 20.3. The van der Waals surface area contributed by atoms with E-state index in [2.05, 4.69) is 54.2 Å². The van der Waals surface area contributed by atoms with E-state index >= 15 is 0 Å². The fraction of sp³-hybridized carbons (Fsp3) is 0.111. The van der Waals surface area contributed by atoms with Crippen molar-refractivity contribution in [3.8, 4) is 0 Å². The second-order valence-electron chi connectivity index (χ2n) is 2.82. The van der Waals surface area contributed by atoms with Crippen LogP contribution in [0.5, 0.6) is 0 Å². The quantitative estimate of drug-likeness (QED) is 0.468. The summed E-state index contributed by atoms with van der Waals surface area (Å²) in [6.07, 6.45) is 10.5. The molecular formula is C9H10BN. The van der Waals surface area contributed by atoms with Gasteiger partial charge in [0, 0.05) is 5.70 Å². The van der Waals surface area contributed by atoms with Gasteiger partial charge in [0.25, 0.3) is 0 Å². The molecule has 2 aliphatic heterocycles. The summed E-state index contributed by atoms with van der Waals surface area (Å²) < 4.78 is 0. The van der Waals surface area contributed by atoms with Crippen LogP contribution >= 0.6 is 0 Å². The minimum Gasteiger partial charge on any atom is -0.388 e. The van der Waals surface area contributed by atoms with Gasteiger partial charge >= 0.3 is 6.85 Å². The Balaban J connectivity index is 2.33. The Morgan fingerprint density at radius 3 is 2.82 bits per heavy atom. The minimum absolute atomic E-state index is 0.449. The van der Waals surface area contributed by atoms with Gasteiger partial charge in [0.05, 0.1) is 0 Å². The van der Waals surface area contributed by atoms with Crippen molar-refractivity contribution in [1.82, 2.24) is 4.81 Å². The molecule has 0 spiro atoms. The Hall–Kier alpha value is -1.18. The van der Waals surface area contributed by atoms with Gasteiger partial charge in [0.15, 0.2) is 0 Å². The lowest BCUT2D eigenvalue weighted by Crippen LogP contribution is -2.33. The second kappa shape index (κ2) is 2.46. The highest BCUT2D eigenvalue weighted by molar-refractivity contribution is 6.67. The Kier molecular flexibility index (Phi) is 1.46. The Labute approximate surface area is 67.5 Å². The molecule has 0 aromatic rings. The van der Waals surface area contributed by atoms with Crippen molar-refractivity contribution >= 4 is 6.85 Å². The summed E-state index contributed by atoms with van der Waals surface area (Å²) in [6, 6.07) is 0. The molecule has 0 fully saturated rings. The first-order chi connectivity index (χ1) is 5.38. The fourth-order valence-corrected chi connectivity index (χ4v) is 1.42. The van der Waals surface area contributed by atoms with Crippen LogP contribution in [0.4, 0.5) is 0 Å². The molecular weight excluding hydrogens is 133 g/mol. The molecule has 0 N–H and O–H groups in total. The van der Waals surface area contributed by atoms with Gasteiger partial charge in [-0.2, -0.15) is 0 Å². The highest BCUT2D eigenvalue weighted by Gasteiger charge is 2.19. The molecule has 11 heavy (non-hydrogen) atoms. The monoisotopic (exact) mass is 143 g/mol. The molecule has 2 aliphatic rings. The van der Waals surface area contributed by atoms with Crippen molar-refractivity contribution in [1.29, 1.82) is 0 Å². The van der Waals surface area contributed by atoms with E-state index in [4.69, 9.17) is 0 Å². The number of allylic oxidation sites excluding steroid dienone is 5. The standard InChI is InChI=1S/C9H10BN/c1-9-5-4-7-10-6-2-3-8-11(9)10/h2-8H,1H3. The Bertz CT molecular complexity index is 273. The zero-order valence-corrected chi connectivity index (χ0v) is 6.57. The van der Waals surface area contributed by atoms with Crippen LogP contribution in [-0.2, 0) is 0 Å². The van der Waals surface area contributed by atoms with Crippen LogP contribution < -0.4 is 0 Å².